The minimum Gasteiger partial charge on any atom is -0.427 e. The Balaban J connectivity index is 1.95. The zero-order valence-electron chi connectivity index (χ0n) is 16.8. The number of halogens is 5. The van der Waals surface area contributed by atoms with Gasteiger partial charge in [-0.1, -0.05) is 35.9 Å². The van der Waals surface area contributed by atoms with Crippen LogP contribution in [0.25, 0.3) is 22.2 Å². The predicted molar refractivity (Wildman–Crippen MR) is 113 cm³/mol. The minimum absolute atomic E-state index is 0.0222. The number of hydrogen-bond acceptors (Lipinski definition) is 4. The molecule has 0 spiro atoms. The van der Waals surface area contributed by atoms with Gasteiger partial charge in [-0.3, -0.25) is 9.59 Å². The van der Waals surface area contributed by atoms with E-state index in [4.69, 9.17) is 16.3 Å². The summed E-state index contributed by atoms with van der Waals surface area (Å²) in [6, 6.07) is 12.7. The van der Waals surface area contributed by atoms with E-state index in [1.165, 1.54) is 43.3 Å². The van der Waals surface area contributed by atoms with Crippen LogP contribution in [-0.4, -0.2) is 21.7 Å². The third-order valence-corrected chi connectivity index (χ3v) is 5.07. The largest absolute Gasteiger partial charge is 0.427 e. The van der Waals surface area contributed by atoms with E-state index in [-0.39, 0.29) is 27.9 Å². The molecule has 1 aromatic heterocycles. The molecule has 0 bridgehead atoms. The van der Waals surface area contributed by atoms with Gasteiger partial charge in [0.2, 0.25) is 0 Å². The van der Waals surface area contributed by atoms with Gasteiger partial charge in [-0.05, 0) is 36.4 Å². The summed E-state index contributed by atoms with van der Waals surface area (Å²) < 4.78 is 61.2. The fraction of sp³-hybridized carbons (Fsp3) is 0.0870. The van der Waals surface area contributed by atoms with Crippen LogP contribution in [0.4, 0.5) is 17.6 Å². The quantitative estimate of drug-likeness (QED) is 0.203. The molecular formula is C23H13ClF4N2O3. The molecular weight excluding hydrogens is 464 g/mol. The second-order valence-corrected chi connectivity index (χ2v) is 7.39. The van der Waals surface area contributed by atoms with Gasteiger partial charge >= 0.3 is 12.1 Å². The number of fused-ring (bicyclic) bond motifs is 1. The van der Waals surface area contributed by atoms with Crippen LogP contribution in [0, 0.1) is 5.82 Å². The monoisotopic (exact) mass is 476 g/mol. The van der Waals surface area contributed by atoms with Gasteiger partial charge in [0.15, 0.2) is 0 Å². The van der Waals surface area contributed by atoms with E-state index >= 15 is 0 Å². The number of aromatic nitrogens is 2. The van der Waals surface area contributed by atoms with Gasteiger partial charge in [0.05, 0.1) is 27.1 Å². The smallest absolute Gasteiger partial charge is 0.417 e. The molecule has 1 heterocycles. The van der Waals surface area contributed by atoms with Gasteiger partial charge in [0, 0.05) is 12.5 Å². The average Bonchev–Trinajstić information content (AvgIpc) is 3.13. The Morgan fingerprint density at radius 3 is 2.42 bits per heavy atom. The highest BCUT2D eigenvalue weighted by Gasteiger charge is 2.37. The summed E-state index contributed by atoms with van der Waals surface area (Å²) in [7, 11) is 0. The van der Waals surface area contributed by atoms with E-state index in [2.05, 4.69) is 5.10 Å². The predicted octanol–water partition coefficient (Wildman–Crippen LogP) is 6.13. The first-order valence-electron chi connectivity index (χ1n) is 9.44. The van der Waals surface area contributed by atoms with Gasteiger partial charge in [-0.25, -0.2) is 4.39 Å². The van der Waals surface area contributed by atoms with Crippen molar-refractivity contribution >= 4 is 34.4 Å². The summed E-state index contributed by atoms with van der Waals surface area (Å²) in [6.07, 6.45) is -4.86. The SMILES string of the molecule is CC(=O)Oc1cccc(-c2nn(C(=O)c3c(Cl)cccc3C(F)(F)F)c3cccc(F)c23)c1. The van der Waals surface area contributed by atoms with Crippen LogP contribution >= 0.6 is 11.6 Å². The second-order valence-electron chi connectivity index (χ2n) is 6.98. The molecule has 0 aliphatic carbocycles. The molecule has 0 fully saturated rings. The number of benzene rings is 3. The van der Waals surface area contributed by atoms with Crippen molar-refractivity contribution in [3.8, 4) is 17.0 Å². The Labute approximate surface area is 189 Å². The number of nitrogens with zero attached hydrogens (tertiary/aromatic N) is 2. The summed E-state index contributed by atoms with van der Waals surface area (Å²) >= 11 is 5.97. The van der Waals surface area contributed by atoms with Crippen LogP contribution in [-0.2, 0) is 11.0 Å². The second kappa shape index (κ2) is 8.32. The topological polar surface area (TPSA) is 61.2 Å². The molecule has 0 radical (unpaired) electrons. The Morgan fingerprint density at radius 2 is 1.73 bits per heavy atom. The third kappa shape index (κ3) is 4.19. The first-order valence-corrected chi connectivity index (χ1v) is 9.82. The number of alkyl halides is 3. The lowest BCUT2D eigenvalue weighted by Crippen LogP contribution is -2.20. The maximum atomic E-state index is 14.8. The third-order valence-electron chi connectivity index (χ3n) is 4.75. The van der Waals surface area contributed by atoms with Gasteiger partial charge in [0.25, 0.3) is 5.91 Å². The zero-order valence-corrected chi connectivity index (χ0v) is 17.5. The highest BCUT2D eigenvalue weighted by Crippen LogP contribution is 2.37. The molecule has 0 N–H and O–H groups in total. The Kier molecular flexibility index (Phi) is 5.67. The number of rotatable bonds is 3. The first-order chi connectivity index (χ1) is 15.6. The van der Waals surface area contributed by atoms with Crippen molar-refractivity contribution in [2.24, 2.45) is 0 Å². The van der Waals surface area contributed by atoms with Crippen molar-refractivity contribution in [2.45, 2.75) is 13.1 Å². The summed E-state index contributed by atoms with van der Waals surface area (Å²) in [5.41, 5.74) is -1.84. The maximum Gasteiger partial charge on any atom is 0.417 e. The highest BCUT2D eigenvalue weighted by atomic mass is 35.5. The summed E-state index contributed by atoms with van der Waals surface area (Å²) in [6.45, 7) is 1.21. The van der Waals surface area contributed by atoms with E-state index in [1.807, 2.05) is 0 Å². The normalized spacial score (nSPS) is 11.6. The molecule has 0 atom stereocenters. The van der Waals surface area contributed by atoms with Crippen molar-refractivity contribution in [1.29, 1.82) is 0 Å². The van der Waals surface area contributed by atoms with Crippen LogP contribution in [0.2, 0.25) is 5.02 Å². The van der Waals surface area contributed by atoms with Crippen molar-refractivity contribution in [3.05, 3.63) is 82.6 Å². The lowest BCUT2D eigenvalue weighted by atomic mass is 10.1. The molecule has 0 saturated heterocycles. The van der Waals surface area contributed by atoms with Crippen molar-refractivity contribution < 1.29 is 31.9 Å². The summed E-state index contributed by atoms with van der Waals surface area (Å²) in [5, 5.41) is 3.63. The molecule has 5 nitrogen and oxygen atoms in total. The van der Waals surface area contributed by atoms with E-state index < -0.39 is 40.0 Å². The number of esters is 1. The molecule has 3 aromatic carbocycles. The van der Waals surface area contributed by atoms with E-state index in [9.17, 15) is 27.2 Å². The maximum absolute atomic E-state index is 14.8. The first kappa shape index (κ1) is 22.5. The Morgan fingerprint density at radius 1 is 1.03 bits per heavy atom. The molecule has 0 amide bonds. The molecule has 4 rings (SSSR count). The lowest BCUT2D eigenvalue weighted by Gasteiger charge is -2.13. The fourth-order valence-electron chi connectivity index (χ4n) is 3.44. The van der Waals surface area contributed by atoms with Gasteiger partial charge in [-0.15, -0.1) is 0 Å². The number of ether oxygens (including phenoxy) is 1. The molecule has 0 aliphatic heterocycles. The van der Waals surface area contributed by atoms with Crippen molar-refractivity contribution in [3.63, 3.8) is 0 Å². The van der Waals surface area contributed by atoms with E-state index in [1.54, 1.807) is 0 Å². The van der Waals surface area contributed by atoms with Crippen LogP contribution in [0.5, 0.6) is 5.75 Å². The molecule has 0 unspecified atom stereocenters. The van der Waals surface area contributed by atoms with Gasteiger partial charge < -0.3 is 4.74 Å². The number of hydrogen-bond donors (Lipinski definition) is 0. The van der Waals surface area contributed by atoms with E-state index in [0.29, 0.717) is 4.68 Å². The van der Waals surface area contributed by atoms with Gasteiger partial charge in [0.1, 0.15) is 17.3 Å². The van der Waals surface area contributed by atoms with E-state index in [0.717, 1.165) is 24.3 Å². The fourth-order valence-corrected chi connectivity index (χ4v) is 3.70. The average molecular weight is 477 g/mol. The zero-order chi connectivity index (χ0) is 23.9. The molecule has 0 aliphatic rings. The van der Waals surface area contributed by atoms with Crippen LogP contribution in [0.1, 0.15) is 22.8 Å². The summed E-state index contributed by atoms with van der Waals surface area (Å²) in [4.78, 5) is 24.5. The minimum atomic E-state index is -4.86. The van der Waals surface area contributed by atoms with Crippen molar-refractivity contribution in [2.75, 3.05) is 0 Å². The van der Waals surface area contributed by atoms with Crippen LogP contribution < -0.4 is 4.74 Å². The van der Waals surface area contributed by atoms with Crippen LogP contribution in [0.15, 0.2) is 60.7 Å². The number of carbonyl (C=O) groups excluding carboxylic acids is 2. The van der Waals surface area contributed by atoms with Gasteiger partial charge in [-0.2, -0.15) is 23.0 Å². The highest BCUT2D eigenvalue weighted by molar-refractivity contribution is 6.34. The molecule has 10 heteroatoms. The standard InChI is InChI=1S/C23H13ClF4N2O3/c1-12(31)33-14-6-2-5-13(11-14)21-20-17(25)9-4-10-18(20)30(29-21)22(32)19-15(23(26,27)28)7-3-8-16(19)24/h2-11H,1H3. The summed E-state index contributed by atoms with van der Waals surface area (Å²) in [5.74, 6) is -2.35. The molecule has 4 aromatic rings. The molecule has 168 valence electrons. The van der Waals surface area contributed by atoms with Crippen molar-refractivity contribution in [1.82, 2.24) is 9.78 Å². The Bertz CT molecular complexity index is 1410. The molecule has 33 heavy (non-hydrogen) atoms. The Hall–Kier alpha value is -3.72. The molecule has 0 saturated carbocycles. The van der Waals surface area contributed by atoms with Crippen LogP contribution in [0.3, 0.4) is 0 Å². The lowest BCUT2D eigenvalue weighted by molar-refractivity contribution is -0.138. The number of carbonyl (C=O) groups is 2.